The molecule has 0 aromatic carbocycles. The molecule has 1 aliphatic heterocycles. The second-order valence-corrected chi connectivity index (χ2v) is 2.14. The smallest absolute Gasteiger partial charge is 0.184 e. The van der Waals surface area contributed by atoms with Gasteiger partial charge in [-0.2, -0.15) is 0 Å². The van der Waals surface area contributed by atoms with E-state index in [1.54, 1.807) is 13.0 Å². The maximum atomic E-state index is 10.8. The lowest BCUT2D eigenvalue weighted by Crippen LogP contribution is -2.29. The fourth-order valence-corrected chi connectivity index (χ4v) is 0.757. The van der Waals surface area contributed by atoms with Crippen molar-refractivity contribution in [1.82, 2.24) is 0 Å². The lowest BCUT2D eigenvalue weighted by molar-refractivity contribution is -0.151. The Hall–Kier alpha value is -0.670. The number of carbonyl (C=O) groups is 1. The highest BCUT2D eigenvalue weighted by Crippen LogP contribution is 2.08. The Morgan fingerprint density at radius 1 is 1.70 bits per heavy atom. The van der Waals surface area contributed by atoms with E-state index >= 15 is 0 Å². The largest absolute Gasteiger partial charge is 0.352 e. The molecule has 0 fully saturated rings. The molecule has 10 heavy (non-hydrogen) atoms. The molecular weight excluding hydrogens is 132 g/mol. The zero-order valence-electron chi connectivity index (χ0n) is 6.03. The van der Waals surface area contributed by atoms with Crippen LogP contribution in [0.15, 0.2) is 12.2 Å². The van der Waals surface area contributed by atoms with Crippen LogP contribution in [0.4, 0.5) is 0 Å². The Bertz CT molecular complexity index is 162. The van der Waals surface area contributed by atoms with Crippen LogP contribution >= 0.6 is 0 Å². The number of methoxy groups -OCH3 is 1. The van der Waals surface area contributed by atoms with Crippen LogP contribution in [-0.4, -0.2) is 25.3 Å². The van der Waals surface area contributed by atoms with Crippen LogP contribution in [0.5, 0.6) is 0 Å². The highest BCUT2D eigenvalue weighted by Gasteiger charge is 2.19. The summed E-state index contributed by atoms with van der Waals surface area (Å²) in [6, 6.07) is 0. The Kier molecular flexibility index (Phi) is 2.19. The Morgan fingerprint density at radius 3 is 2.90 bits per heavy atom. The molecule has 1 unspecified atom stereocenters. The van der Waals surface area contributed by atoms with Crippen molar-refractivity contribution >= 4 is 5.78 Å². The van der Waals surface area contributed by atoms with Crippen LogP contribution in [0, 0.1) is 0 Å². The number of hydrogen-bond acceptors (Lipinski definition) is 3. The van der Waals surface area contributed by atoms with Crippen LogP contribution in [0.2, 0.25) is 0 Å². The summed E-state index contributed by atoms with van der Waals surface area (Å²) in [6.45, 7) is 1.71. The molecule has 0 amide bonds. The molecule has 0 aliphatic carbocycles. The van der Waals surface area contributed by atoms with Crippen molar-refractivity contribution in [2.45, 2.75) is 19.3 Å². The summed E-state index contributed by atoms with van der Waals surface area (Å²) in [6.07, 6.45) is 2.37. The zero-order valence-corrected chi connectivity index (χ0v) is 6.03. The highest BCUT2D eigenvalue weighted by molar-refractivity contribution is 5.93. The molecule has 1 aliphatic rings. The van der Waals surface area contributed by atoms with Gasteiger partial charge in [-0.05, 0) is 19.1 Å². The topological polar surface area (TPSA) is 35.5 Å². The van der Waals surface area contributed by atoms with Crippen LogP contribution in [0.1, 0.15) is 6.92 Å². The van der Waals surface area contributed by atoms with E-state index in [0.717, 1.165) is 0 Å². The average Bonchev–Trinajstić information content (AvgIpc) is 1.95. The lowest BCUT2D eigenvalue weighted by atomic mass is 10.2. The summed E-state index contributed by atoms with van der Waals surface area (Å²) in [5, 5.41) is 0. The van der Waals surface area contributed by atoms with Gasteiger partial charge in [0.1, 0.15) is 6.10 Å². The fourth-order valence-electron chi connectivity index (χ4n) is 0.757. The third-order valence-corrected chi connectivity index (χ3v) is 1.39. The molecule has 1 heterocycles. The normalized spacial score (nSPS) is 32.8. The molecule has 0 spiro atoms. The monoisotopic (exact) mass is 142 g/mol. The molecule has 0 aromatic rings. The third-order valence-electron chi connectivity index (χ3n) is 1.39. The highest BCUT2D eigenvalue weighted by atomic mass is 16.7. The van der Waals surface area contributed by atoms with Crippen molar-refractivity contribution in [3.63, 3.8) is 0 Å². The molecule has 0 N–H and O–H groups in total. The van der Waals surface area contributed by atoms with Crippen molar-refractivity contribution in [3.8, 4) is 0 Å². The van der Waals surface area contributed by atoms with Gasteiger partial charge >= 0.3 is 0 Å². The third kappa shape index (κ3) is 1.43. The van der Waals surface area contributed by atoms with Crippen LogP contribution in [-0.2, 0) is 14.3 Å². The summed E-state index contributed by atoms with van der Waals surface area (Å²) >= 11 is 0. The molecule has 3 heteroatoms. The summed E-state index contributed by atoms with van der Waals surface area (Å²) in [5.41, 5.74) is 0. The van der Waals surface area contributed by atoms with E-state index in [-0.39, 0.29) is 18.2 Å². The predicted molar refractivity (Wildman–Crippen MR) is 35.5 cm³/mol. The number of ether oxygens (including phenoxy) is 2. The van der Waals surface area contributed by atoms with Gasteiger partial charge in [-0.1, -0.05) is 0 Å². The van der Waals surface area contributed by atoms with E-state index in [2.05, 4.69) is 0 Å². The second kappa shape index (κ2) is 2.94. The zero-order chi connectivity index (χ0) is 7.56. The SMILES string of the molecule is COC1C=CC(=O)[C@@H](C)O1. The average molecular weight is 142 g/mol. The molecular formula is C7H10O3. The van der Waals surface area contributed by atoms with Crippen molar-refractivity contribution in [2.24, 2.45) is 0 Å². The Labute approximate surface area is 59.6 Å². The predicted octanol–water partition coefficient (Wildman–Crippen LogP) is 0.503. The van der Waals surface area contributed by atoms with Gasteiger partial charge in [0.15, 0.2) is 12.1 Å². The minimum Gasteiger partial charge on any atom is -0.352 e. The molecule has 2 atom stereocenters. The molecule has 1 rings (SSSR count). The number of carbonyl (C=O) groups excluding carboxylic acids is 1. The van der Waals surface area contributed by atoms with Gasteiger partial charge in [0.2, 0.25) is 0 Å². The van der Waals surface area contributed by atoms with Gasteiger partial charge in [0.25, 0.3) is 0 Å². The molecule has 0 saturated carbocycles. The van der Waals surface area contributed by atoms with Crippen LogP contribution < -0.4 is 0 Å². The van der Waals surface area contributed by atoms with Gasteiger partial charge in [0, 0.05) is 7.11 Å². The maximum Gasteiger partial charge on any atom is 0.184 e. The van der Waals surface area contributed by atoms with Crippen LogP contribution in [0.25, 0.3) is 0 Å². The van der Waals surface area contributed by atoms with Crippen molar-refractivity contribution < 1.29 is 14.3 Å². The minimum atomic E-state index is -0.366. The van der Waals surface area contributed by atoms with Crippen LogP contribution in [0.3, 0.4) is 0 Å². The molecule has 0 radical (unpaired) electrons. The quantitative estimate of drug-likeness (QED) is 0.535. The minimum absolute atomic E-state index is 0.00620. The Balaban J connectivity index is 2.59. The summed E-state index contributed by atoms with van der Waals surface area (Å²) in [5.74, 6) is -0.00620. The first kappa shape index (κ1) is 7.44. The number of hydrogen-bond donors (Lipinski definition) is 0. The summed E-state index contributed by atoms with van der Waals surface area (Å²) in [7, 11) is 1.54. The van der Waals surface area contributed by atoms with Gasteiger partial charge in [-0.3, -0.25) is 4.79 Å². The molecule has 56 valence electrons. The van der Waals surface area contributed by atoms with E-state index in [1.807, 2.05) is 0 Å². The molecule has 0 saturated heterocycles. The first-order valence-electron chi connectivity index (χ1n) is 3.14. The van der Waals surface area contributed by atoms with Crippen molar-refractivity contribution in [3.05, 3.63) is 12.2 Å². The molecule has 0 aromatic heterocycles. The van der Waals surface area contributed by atoms with E-state index in [4.69, 9.17) is 9.47 Å². The van der Waals surface area contributed by atoms with Crippen molar-refractivity contribution in [1.29, 1.82) is 0 Å². The van der Waals surface area contributed by atoms with E-state index in [1.165, 1.54) is 13.2 Å². The van der Waals surface area contributed by atoms with Gasteiger partial charge in [-0.15, -0.1) is 0 Å². The first-order chi connectivity index (χ1) is 4.74. The fraction of sp³-hybridized carbons (Fsp3) is 0.571. The van der Waals surface area contributed by atoms with E-state index in [0.29, 0.717) is 0 Å². The molecule has 0 bridgehead atoms. The van der Waals surface area contributed by atoms with Gasteiger partial charge in [0.05, 0.1) is 0 Å². The first-order valence-corrected chi connectivity index (χ1v) is 3.14. The standard InChI is InChI=1S/C7H10O3/c1-5-6(8)3-4-7(9-2)10-5/h3-5,7H,1-2H3/t5-,7?/m1/s1. The van der Waals surface area contributed by atoms with E-state index < -0.39 is 0 Å². The lowest BCUT2D eigenvalue weighted by Gasteiger charge is -2.20. The summed E-state index contributed by atoms with van der Waals surface area (Å²) in [4.78, 5) is 10.8. The number of ketones is 1. The van der Waals surface area contributed by atoms with Gasteiger partial charge in [-0.25, -0.2) is 0 Å². The Morgan fingerprint density at radius 2 is 2.40 bits per heavy atom. The molecule has 3 nitrogen and oxygen atoms in total. The number of rotatable bonds is 1. The van der Waals surface area contributed by atoms with Gasteiger partial charge < -0.3 is 9.47 Å². The second-order valence-electron chi connectivity index (χ2n) is 2.14. The summed E-state index contributed by atoms with van der Waals surface area (Å²) < 4.78 is 9.94. The maximum absolute atomic E-state index is 10.8. The van der Waals surface area contributed by atoms with Crippen molar-refractivity contribution in [2.75, 3.05) is 7.11 Å². The van der Waals surface area contributed by atoms with E-state index in [9.17, 15) is 4.79 Å².